The number of hydrogen-bond donors (Lipinski definition) is 1. The van der Waals surface area contributed by atoms with Crippen LogP contribution in [0.3, 0.4) is 0 Å². The molecule has 1 fully saturated rings. The maximum absolute atomic E-state index is 13.3. The van der Waals surface area contributed by atoms with Crippen molar-refractivity contribution in [3.8, 4) is 0 Å². The minimum absolute atomic E-state index is 0.0292. The Kier molecular flexibility index (Phi) is 6.09. The molecule has 1 atom stereocenters. The zero-order valence-corrected chi connectivity index (χ0v) is 19.5. The highest BCUT2D eigenvalue weighted by atomic mass is 16.2. The summed E-state index contributed by atoms with van der Waals surface area (Å²) in [7, 11) is 0. The molecule has 0 saturated carbocycles. The van der Waals surface area contributed by atoms with Crippen molar-refractivity contribution in [2.45, 2.75) is 45.4 Å². The average Bonchev–Trinajstić information content (AvgIpc) is 3.21. The predicted molar refractivity (Wildman–Crippen MR) is 129 cm³/mol. The van der Waals surface area contributed by atoms with Crippen molar-refractivity contribution in [2.24, 2.45) is 0 Å². The van der Waals surface area contributed by atoms with Crippen LogP contribution in [0.25, 0.3) is 10.9 Å². The van der Waals surface area contributed by atoms with Gasteiger partial charge in [-0.25, -0.2) is 0 Å². The van der Waals surface area contributed by atoms with Crippen LogP contribution in [0.5, 0.6) is 0 Å². The smallest absolute Gasteiger partial charge is 0.223 e. The Balaban J connectivity index is 1.63. The molecule has 2 aromatic carbocycles. The van der Waals surface area contributed by atoms with Crippen molar-refractivity contribution in [1.82, 2.24) is 14.8 Å². The molecule has 1 aliphatic heterocycles. The lowest BCUT2D eigenvalue weighted by molar-refractivity contribution is -0.138. The third kappa shape index (κ3) is 4.57. The summed E-state index contributed by atoms with van der Waals surface area (Å²) < 4.78 is 0. The number of carbonyl (C=O) groups is 2. The van der Waals surface area contributed by atoms with Gasteiger partial charge in [-0.05, 0) is 28.2 Å². The van der Waals surface area contributed by atoms with E-state index in [0.29, 0.717) is 32.6 Å². The minimum Gasteiger partial charge on any atom is -0.361 e. The van der Waals surface area contributed by atoms with Gasteiger partial charge in [0.05, 0.1) is 0 Å². The largest absolute Gasteiger partial charge is 0.361 e. The average molecular weight is 432 g/mol. The highest BCUT2D eigenvalue weighted by molar-refractivity contribution is 5.86. The fraction of sp³-hybridized carbons (Fsp3) is 0.407. The first-order chi connectivity index (χ1) is 15.2. The van der Waals surface area contributed by atoms with Gasteiger partial charge in [-0.3, -0.25) is 9.59 Å². The molecular formula is C27H33N3O2. The Labute approximate surface area is 190 Å². The van der Waals surface area contributed by atoms with Crippen LogP contribution in [0, 0.1) is 0 Å². The Morgan fingerprint density at radius 2 is 1.56 bits per heavy atom. The van der Waals surface area contributed by atoms with Gasteiger partial charge in [-0.2, -0.15) is 0 Å². The Morgan fingerprint density at radius 3 is 2.19 bits per heavy atom. The monoisotopic (exact) mass is 431 g/mol. The predicted octanol–water partition coefficient (Wildman–Crippen LogP) is 4.68. The number of fused-ring (bicyclic) bond motifs is 1. The standard InChI is InChI=1S/C27H33N3O2/c1-19(31)29-13-15-30(16-14-29)26(32)17-23(20-9-11-21(12-10-20)27(2,3)4)24-18-28-25-8-6-5-7-22(24)25/h5-12,18,23,28H,13-17H2,1-4H3. The molecule has 0 spiro atoms. The lowest BCUT2D eigenvalue weighted by atomic mass is 9.83. The molecule has 4 rings (SSSR count). The number of amides is 2. The summed E-state index contributed by atoms with van der Waals surface area (Å²) in [5, 5.41) is 1.16. The molecular weight excluding hydrogens is 398 g/mol. The third-order valence-electron chi connectivity index (χ3n) is 6.63. The van der Waals surface area contributed by atoms with E-state index >= 15 is 0 Å². The van der Waals surface area contributed by atoms with E-state index in [1.165, 1.54) is 5.56 Å². The van der Waals surface area contributed by atoms with Crippen molar-refractivity contribution in [2.75, 3.05) is 26.2 Å². The zero-order chi connectivity index (χ0) is 22.9. The van der Waals surface area contributed by atoms with Crippen LogP contribution < -0.4 is 0 Å². The Bertz CT molecular complexity index is 1100. The minimum atomic E-state index is -0.0292. The molecule has 2 heterocycles. The molecule has 2 amide bonds. The summed E-state index contributed by atoms with van der Waals surface area (Å²) in [6.07, 6.45) is 2.46. The number of H-pyrrole nitrogens is 1. The van der Waals surface area contributed by atoms with E-state index in [1.807, 2.05) is 28.1 Å². The number of para-hydroxylation sites is 1. The van der Waals surface area contributed by atoms with Gasteiger partial charge in [0.25, 0.3) is 0 Å². The van der Waals surface area contributed by atoms with Crippen LogP contribution in [0.15, 0.2) is 54.7 Å². The first kappa shape index (κ1) is 22.1. The second-order valence-electron chi connectivity index (χ2n) is 9.81. The molecule has 0 aliphatic carbocycles. The number of rotatable bonds is 4. The molecule has 168 valence electrons. The molecule has 5 nitrogen and oxygen atoms in total. The van der Waals surface area contributed by atoms with Gasteiger partial charge in [0.1, 0.15) is 0 Å². The molecule has 5 heteroatoms. The summed E-state index contributed by atoms with van der Waals surface area (Å²) in [4.78, 5) is 32.1. The van der Waals surface area contributed by atoms with Gasteiger partial charge in [0.15, 0.2) is 0 Å². The molecule has 32 heavy (non-hydrogen) atoms. The van der Waals surface area contributed by atoms with Crippen molar-refractivity contribution in [3.63, 3.8) is 0 Å². The maximum atomic E-state index is 13.3. The number of aromatic nitrogens is 1. The topological polar surface area (TPSA) is 56.4 Å². The molecule has 0 radical (unpaired) electrons. The van der Waals surface area contributed by atoms with Crippen LogP contribution in [0.1, 0.15) is 56.7 Å². The first-order valence-electron chi connectivity index (χ1n) is 11.4. The fourth-order valence-corrected chi connectivity index (χ4v) is 4.58. The summed E-state index contributed by atoms with van der Waals surface area (Å²) in [5.74, 6) is 0.189. The highest BCUT2D eigenvalue weighted by Gasteiger charge is 2.27. The number of carbonyl (C=O) groups excluding carboxylic acids is 2. The van der Waals surface area contributed by atoms with Gasteiger partial charge in [-0.1, -0.05) is 63.2 Å². The lowest BCUT2D eigenvalue weighted by Gasteiger charge is -2.35. The van der Waals surface area contributed by atoms with Crippen molar-refractivity contribution < 1.29 is 9.59 Å². The van der Waals surface area contributed by atoms with Crippen LogP contribution in [-0.4, -0.2) is 52.8 Å². The molecule has 1 aromatic heterocycles. The number of benzene rings is 2. The summed E-state index contributed by atoms with van der Waals surface area (Å²) in [6, 6.07) is 17.0. The van der Waals surface area contributed by atoms with E-state index in [9.17, 15) is 9.59 Å². The number of aromatic amines is 1. The Hall–Kier alpha value is -3.08. The van der Waals surface area contributed by atoms with Crippen molar-refractivity contribution in [1.29, 1.82) is 0 Å². The molecule has 3 aromatic rings. The highest BCUT2D eigenvalue weighted by Crippen LogP contribution is 2.35. The van der Waals surface area contributed by atoms with E-state index < -0.39 is 0 Å². The van der Waals surface area contributed by atoms with Crippen LogP contribution in [0.4, 0.5) is 0 Å². The van der Waals surface area contributed by atoms with Crippen molar-refractivity contribution in [3.05, 3.63) is 71.4 Å². The van der Waals surface area contributed by atoms with Gasteiger partial charge in [-0.15, -0.1) is 0 Å². The molecule has 1 aliphatic rings. The normalized spacial score (nSPS) is 15.8. The fourth-order valence-electron chi connectivity index (χ4n) is 4.58. The summed E-state index contributed by atoms with van der Waals surface area (Å²) >= 11 is 0. The molecule has 1 N–H and O–H groups in total. The quantitative estimate of drug-likeness (QED) is 0.652. The Morgan fingerprint density at radius 1 is 0.938 bits per heavy atom. The zero-order valence-electron chi connectivity index (χ0n) is 19.5. The van der Waals surface area contributed by atoms with E-state index in [1.54, 1.807) is 6.92 Å². The second kappa shape index (κ2) is 8.81. The number of piperazine rings is 1. The molecule has 1 saturated heterocycles. The van der Waals surface area contributed by atoms with Crippen LogP contribution in [-0.2, 0) is 15.0 Å². The van der Waals surface area contributed by atoms with Gasteiger partial charge >= 0.3 is 0 Å². The molecule has 0 bridgehead atoms. The van der Waals surface area contributed by atoms with Gasteiger partial charge in [0.2, 0.25) is 11.8 Å². The number of nitrogens with zero attached hydrogens (tertiary/aromatic N) is 2. The van der Waals surface area contributed by atoms with Crippen molar-refractivity contribution >= 4 is 22.7 Å². The van der Waals surface area contributed by atoms with Gasteiger partial charge in [0, 0.05) is 62.5 Å². The number of hydrogen-bond acceptors (Lipinski definition) is 2. The van der Waals surface area contributed by atoms with Crippen LogP contribution in [0.2, 0.25) is 0 Å². The third-order valence-corrected chi connectivity index (χ3v) is 6.63. The number of nitrogens with one attached hydrogen (secondary N) is 1. The molecule has 1 unspecified atom stereocenters. The lowest BCUT2D eigenvalue weighted by Crippen LogP contribution is -2.50. The van der Waals surface area contributed by atoms with Gasteiger partial charge < -0.3 is 14.8 Å². The maximum Gasteiger partial charge on any atom is 0.223 e. The first-order valence-corrected chi connectivity index (χ1v) is 11.4. The SMILES string of the molecule is CC(=O)N1CCN(C(=O)CC(c2ccc(C(C)(C)C)cc2)c2c[nH]c3ccccc23)CC1. The van der Waals surface area contributed by atoms with E-state index in [-0.39, 0.29) is 23.1 Å². The van der Waals surface area contributed by atoms with E-state index in [4.69, 9.17) is 0 Å². The van der Waals surface area contributed by atoms with E-state index in [0.717, 1.165) is 22.0 Å². The van der Waals surface area contributed by atoms with E-state index in [2.05, 4.69) is 62.2 Å². The summed E-state index contributed by atoms with van der Waals surface area (Å²) in [6.45, 7) is 10.6. The second-order valence-corrected chi connectivity index (χ2v) is 9.81. The summed E-state index contributed by atoms with van der Waals surface area (Å²) in [5.41, 5.74) is 4.76. The van der Waals surface area contributed by atoms with Crippen LogP contribution >= 0.6 is 0 Å².